The summed E-state index contributed by atoms with van der Waals surface area (Å²) < 4.78 is 5.47. The largest absolute Gasteiger partial charge is 0.495 e. The number of amides is 1. The molecule has 2 atom stereocenters. The number of para-hydroxylation sites is 2. The number of rotatable bonds is 5. The van der Waals surface area contributed by atoms with E-state index in [0.29, 0.717) is 11.7 Å². The molecule has 3 nitrogen and oxygen atoms in total. The molecule has 0 unspecified atom stereocenters. The fourth-order valence-corrected chi connectivity index (χ4v) is 5.78. The molecule has 3 aromatic rings. The van der Waals surface area contributed by atoms with Gasteiger partial charge in [-0.15, -0.1) is 0 Å². The van der Waals surface area contributed by atoms with Crippen molar-refractivity contribution in [1.29, 1.82) is 0 Å². The first-order chi connectivity index (χ1) is 14.7. The van der Waals surface area contributed by atoms with Crippen molar-refractivity contribution in [2.24, 2.45) is 11.8 Å². The van der Waals surface area contributed by atoms with Gasteiger partial charge in [-0.1, -0.05) is 74.0 Å². The van der Waals surface area contributed by atoms with E-state index in [1.165, 1.54) is 22.3 Å². The molecule has 6 rings (SSSR count). The van der Waals surface area contributed by atoms with Crippen LogP contribution >= 0.6 is 0 Å². The Labute approximate surface area is 178 Å². The molecule has 152 valence electrons. The Kier molecular flexibility index (Phi) is 4.82. The lowest BCUT2D eigenvalue weighted by Gasteiger charge is -2.50. The molecule has 3 heteroatoms. The third kappa shape index (κ3) is 2.84. The van der Waals surface area contributed by atoms with Crippen molar-refractivity contribution >= 4 is 11.6 Å². The van der Waals surface area contributed by atoms with Crippen molar-refractivity contribution in [3.63, 3.8) is 0 Å². The summed E-state index contributed by atoms with van der Waals surface area (Å²) >= 11 is 0. The van der Waals surface area contributed by atoms with Crippen LogP contribution in [0, 0.1) is 11.8 Å². The molecule has 0 fully saturated rings. The normalized spacial score (nSPS) is 23.4. The van der Waals surface area contributed by atoms with E-state index in [2.05, 4.69) is 60.8 Å². The van der Waals surface area contributed by atoms with Gasteiger partial charge in [0, 0.05) is 11.8 Å². The molecule has 0 spiro atoms. The molecule has 3 aromatic carbocycles. The van der Waals surface area contributed by atoms with Crippen LogP contribution in [0.25, 0.3) is 0 Å². The van der Waals surface area contributed by atoms with Crippen LogP contribution in [0.2, 0.25) is 0 Å². The lowest BCUT2D eigenvalue weighted by atomic mass is 9.53. The SMILES string of the molecule is CCC[C@H]1C2c3ccccc3C(c3ccccc32)[C@@H]1C(=O)Nc1ccccc1OC. The minimum absolute atomic E-state index is 0.0913. The van der Waals surface area contributed by atoms with Crippen molar-refractivity contribution < 1.29 is 9.53 Å². The van der Waals surface area contributed by atoms with Crippen LogP contribution in [0.1, 0.15) is 53.9 Å². The Bertz CT molecular complexity index is 1040. The summed E-state index contributed by atoms with van der Waals surface area (Å²) in [4.78, 5) is 13.8. The fourth-order valence-electron chi connectivity index (χ4n) is 5.78. The first kappa shape index (κ1) is 18.9. The molecule has 2 bridgehead atoms. The van der Waals surface area contributed by atoms with Gasteiger partial charge in [-0.3, -0.25) is 4.79 Å². The average molecular weight is 398 g/mol. The van der Waals surface area contributed by atoms with Gasteiger partial charge >= 0.3 is 0 Å². The van der Waals surface area contributed by atoms with Crippen LogP contribution in [0.15, 0.2) is 72.8 Å². The van der Waals surface area contributed by atoms with Crippen LogP contribution in [0.4, 0.5) is 5.69 Å². The highest BCUT2D eigenvalue weighted by Gasteiger charge is 2.51. The molecule has 30 heavy (non-hydrogen) atoms. The van der Waals surface area contributed by atoms with E-state index in [1.54, 1.807) is 7.11 Å². The lowest BCUT2D eigenvalue weighted by Crippen LogP contribution is -2.45. The van der Waals surface area contributed by atoms with Crippen molar-refractivity contribution in [3.8, 4) is 5.75 Å². The summed E-state index contributed by atoms with van der Waals surface area (Å²) in [7, 11) is 1.64. The van der Waals surface area contributed by atoms with Gasteiger partial charge < -0.3 is 10.1 Å². The number of fused-ring (bicyclic) bond motifs is 1. The number of ether oxygens (including phenoxy) is 1. The molecule has 1 N–H and O–H groups in total. The molecule has 3 aliphatic rings. The first-order valence-corrected chi connectivity index (χ1v) is 10.9. The number of methoxy groups -OCH3 is 1. The Hall–Kier alpha value is -3.07. The van der Waals surface area contributed by atoms with E-state index >= 15 is 0 Å². The van der Waals surface area contributed by atoms with Crippen LogP contribution < -0.4 is 10.1 Å². The quantitative estimate of drug-likeness (QED) is 0.577. The van der Waals surface area contributed by atoms with E-state index in [9.17, 15) is 4.79 Å². The molecule has 0 saturated carbocycles. The Balaban J connectivity index is 1.62. The molecule has 0 radical (unpaired) electrons. The van der Waals surface area contributed by atoms with Crippen LogP contribution in [0.3, 0.4) is 0 Å². The third-order valence-electron chi connectivity index (χ3n) is 6.87. The molecule has 3 aliphatic carbocycles. The highest BCUT2D eigenvalue weighted by molar-refractivity contribution is 5.96. The second-order valence-electron chi connectivity index (χ2n) is 8.38. The van der Waals surface area contributed by atoms with Crippen molar-refractivity contribution in [3.05, 3.63) is 95.1 Å². The second kappa shape index (κ2) is 7.64. The minimum Gasteiger partial charge on any atom is -0.495 e. The maximum Gasteiger partial charge on any atom is 0.228 e. The maximum atomic E-state index is 13.8. The lowest BCUT2D eigenvalue weighted by molar-refractivity contribution is -0.123. The summed E-state index contributed by atoms with van der Waals surface area (Å²) in [5.74, 6) is 1.35. The van der Waals surface area contributed by atoms with Crippen molar-refractivity contribution in [2.45, 2.75) is 31.6 Å². The van der Waals surface area contributed by atoms with E-state index in [1.807, 2.05) is 24.3 Å². The van der Waals surface area contributed by atoms with Gasteiger partial charge in [0.2, 0.25) is 5.91 Å². The van der Waals surface area contributed by atoms with Crippen LogP contribution in [-0.2, 0) is 4.79 Å². The molecule has 0 heterocycles. The van der Waals surface area contributed by atoms with E-state index in [4.69, 9.17) is 4.74 Å². The van der Waals surface area contributed by atoms with Gasteiger partial charge in [-0.2, -0.15) is 0 Å². The zero-order valence-electron chi connectivity index (χ0n) is 17.5. The van der Waals surface area contributed by atoms with Gasteiger partial charge in [-0.05, 0) is 46.7 Å². The zero-order chi connectivity index (χ0) is 20.7. The first-order valence-electron chi connectivity index (χ1n) is 10.9. The molecular formula is C27H27NO2. The Morgan fingerprint density at radius 3 is 1.93 bits per heavy atom. The summed E-state index contributed by atoms with van der Waals surface area (Å²) in [5, 5.41) is 3.20. The van der Waals surface area contributed by atoms with Crippen molar-refractivity contribution in [1.82, 2.24) is 0 Å². The highest BCUT2D eigenvalue weighted by atomic mass is 16.5. The number of carbonyl (C=O) groups excluding carboxylic acids is 1. The van der Waals surface area contributed by atoms with E-state index < -0.39 is 0 Å². The fraction of sp³-hybridized carbons (Fsp3) is 0.296. The number of anilines is 1. The standard InChI is InChI=1S/C27H27NO2/c1-3-10-21-24-17-11-4-6-13-19(17)25(20-14-7-5-12-18(20)24)26(21)27(29)28-22-15-8-9-16-23(22)30-2/h4-9,11-16,21,24-26H,3,10H2,1-2H3,(H,28,29)/t21-,24?,25?,26+/m0/s1. The smallest absolute Gasteiger partial charge is 0.228 e. The number of carbonyl (C=O) groups is 1. The highest BCUT2D eigenvalue weighted by Crippen LogP contribution is 2.59. The maximum absolute atomic E-state index is 13.8. The summed E-state index contributed by atoms with van der Waals surface area (Å²) in [6, 6.07) is 25.1. The predicted molar refractivity (Wildman–Crippen MR) is 120 cm³/mol. The average Bonchev–Trinajstić information content (AvgIpc) is 2.79. The van der Waals surface area contributed by atoms with Gasteiger partial charge in [0.1, 0.15) is 5.75 Å². The van der Waals surface area contributed by atoms with E-state index in [-0.39, 0.29) is 23.7 Å². The number of hydrogen-bond acceptors (Lipinski definition) is 2. The number of hydrogen-bond donors (Lipinski definition) is 1. The summed E-state index contributed by atoms with van der Waals surface area (Å²) in [6.07, 6.45) is 2.10. The Morgan fingerprint density at radius 1 is 0.833 bits per heavy atom. The number of benzene rings is 3. The molecule has 0 aliphatic heterocycles. The topological polar surface area (TPSA) is 38.3 Å². The third-order valence-corrected chi connectivity index (χ3v) is 6.87. The van der Waals surface area contributed by atoms with Gasteiger partial charge in [0.25, 0.3) is 0 Å². The molecular weight excluding hydrogens is 370 g/mol. The zero-order valence-corrected chi connectivity index (χ0v) is 17.5. The van der Waals surface area contributed by atoms with Gasteiger partial charge in [0.15, 0.2) is 0 Å². The Morgan fingerprint density at radius 2 is 1.37 bits per heavy atom. The van der Waals surface area contributed by atoms with Crippen LogP contribution in [0.5, 0.6) is 5.75 Å². The van der Waals surface area contributed by atoms with Crippen molar-refractivity contribution in [2.75, 3.05) is 12.4 Å². The number of nitrogens with one attached hydrogen (secondary N) is 1. The summed E-state index contributed by atoms with van der Waals surface area (Å²) in [6.45, 7) is 2.22. The molecule has 0 aromatic heterocycles. The summed E-state index contributed by atoms with van der Waals surface area (Å²) in [5.41, 5.74) is 6.17. The van der Waals surface area contributed by atoms with Crippen LogP contribution in [-0.4, -0.2) is 13.0 Å². The second-order valence-corrected chi connectivity index (χ2v) is 8.38. The van der Waals surface area contributed by atoms with Gasteiger partial charge in [0.05, 0.1) is 18.7 Å². The minimum atomic E-state index is -0.0929. The predicted octanol–water partition coefficient (Wildman–Crippen LogP) is 5.96. The monoisotopic (exact) mass is 397 g/mol. The van der Waals surface area contributed by atoms with Gasteiger partial charge in [-0.25, -0.2) is 0 Å². The molecule has 0 saturated heterocycles. The van der Waals surface area contributed by atoms with E-state index in [0.717, 1.165) is 18.5 Å². The molecule has 1 amide bonds.